The van der Waals surface area contributed by atoms with E-state index in [4.69, 9.17) is 14.9 Å². The van der Waals surface area contributed by atoms with Gasteiger partial charge in [-0.1, -0.05) is 30.3 Å². The van der Waals surface area contributed by atoms with Gasteiger partial charge in [0.05, 0.1) is 6.42 Å². The highest BCUT2D eigenvalue weighted by atomic mass is 16.5. The minimum Gasteiger partial charge on any atom is -0.481 e. The summed E-state index contributed by atoms with van der Waals surface area (Å²) in [4.78, 5) is 32.7. The molecule has 1 amide bonds. The molecule has 1 aromatic carbocycles. The molecule has 114 valence electrons. The molecule has 7 nitrogen and oxygen atoms in total. The lowest BCUT2D eigenvalue weighted by molar-refractivity contribution is -0.139. The van der Waals surface area contributed by atoms with E-state index in [0.29, 0.717) is 0 Å². The molecular formula is C14H17NO6. The summed E-state index contributed by atoms with van der Waals surface area (Å²) in [6.07, 6.45) is -1.32. The number of carboxylic acids is 2. The van der Waals surface area contributed by atoms with E-state index in [2.05, 4.69) is 5.32 Å². The molecule has 7 heteroatoms. The van der Waals surface area contributed by atoms with Crippen molar-refractivity contribution < 1.29 is 29.3 Å². The highest BCUT2D eigenvalue weighted by molar-refractivity contribution is 5.72. The summed E-state index contributed by atoms with van der Waals surface area (Å²) in [5.41, 5.74) is 0.799. The zero-order valence-electron chi connectivity index (χ0n) is 11.3. The number of amides is 1. The number of rotatable bonds is 8. The second-order valence-corrected chi connectivity index (χ2v) is 4.43. The van der Waals surface area contributed by atoms with E-state index in [-0.39, 0.29) is 25.9 Å². The first-order valence-corrected chi connectivity index (χ1v) is 6.38. The fraction of sp³-hybridized carbons (Fsp3) is 0.357. The number of carbonyl (C=O) groups is 3. The standard InChI is InChI=1S/C14H17NO6/c16-12(17)7-6-11(8-13(18)19)15-14(20)21-9-10-4-2-1-3-5-10/h1-5,11H,6-9H2,(H,15,20)(H,16,17)(H,18,19)/t11-/m0/s1. The number of carboxylic acid groups (broad SMARTS) is 2. The third-order valence-corrected chi connectivity index (χ3v) is 2.66. The van der Waals surface area contributed by atoms with Crippen molar-refractivity contribution in [2.75, 3.05) is 0 Å². The van der Waals surface area contributed by atoms with Crippen LogP contribution in [0, 0.1) is 0 Å². The van der Waals surface area contributed by atoms with E-state index >= 15 is 0 Å². The first kappa shape index (κ1) is 16.5. The Labute approximate surface area is 121 Å². The topological polar surface area (TPSA) is 113 Å². The molecule has 0 unspecified atom stereocenters. The van der Waals surface area contributed by atoms with Crippen molar-refractivity contribution in [2.24, 2.45) is 0 Å². The first-order chi connectivity index (χ1) is 9.97. The molecule has 0 saturated heterocycles. The molecule has 0 radical (unpaired) electrons. The number of carbonyl (C=O) groups excluding carboxylic acids is 1. The fourth-order valence-electron chi connectivity index (χ4n) is 1.67. The van der Waals surface area contributed by atoms with E-state index in [1.54, 1.807) is 24.3 Å². The molecule has 0 aliphatic carbocycles. The number of hydrogen-bond acceptors (Lipinski definition) is 4. The Hall–Kier alpha value is -2.57. The second-order valence-electron chi connectivity index (χ2n) is 4.43. The van der Waals surface area contributed by atoms with E-state index in [1.807, 2.05) is 6.07 Å². The van der Waals surface area contributed by atoms with E-state index in [0.717, 1.165) is 5.56 Å². The van der Waals surface area contributed by atoms with Gasteiger partial charge in [0.25, 0.3) is 0 Å². The molecule has 0 aliphatic heterocycles. The first-order valence-electron chi connectivity index (χ1n) is 6.38. The summed E-state index contributed by atoms with van der Waals surface area (Å²) in [7, 11) is 0. The summed E-state index contributed by atoms with van der Waals surface area (Å²) in [6.45, 7) is 0.0609. The maximum atomic E-state index is 11.6. The molecule has 0 spiro atoms. The van der Waals surface area contributed by atoms with Crippen molar-refractivity contribution in [3.05, 3.63) is 35.9 Å². The number of hydrogen-bond donors (Lipinski definition) is 3. The van der Waals surface area contributed by atoms with Gasteiger partial charge in [0.15, 0.2) is 0 Å². The molecular weight excluding hydrogens is 278 g/mol. The van der Waals surface area contributed by atoms with Gasteiger partial charge in [0, 0.05) is 12.5 Å². The predicted octanol–water partition coefficient (Wildman–Crippen LogP) is 1.62. The Bertz CT molecular complexity index is 487. The highest BCUT2D eigenvalue weighted by Crippen LogP contribution is 2.05. The lowest BCUT2D eigenvalue weighted by Crippen LogP contribution is -2.37. The molecule has 0 heterocycles. The molecule has 0 aliphatic rings. The minimum atomic E-state index is -1.12. The average molecular weight is 295 g/mol. The molecule has 1 rings (SSSR count). The van der Waals surface area contributed by atoms with Crippen molar-refractivity contribution in [1.29, 1.82) is 0 Å². The van der Waals surface area contributed by atoms with Crippen LogP contribution < -0.4 is 5.32 Å². The molecule has 21 heavy (non-hydrogen) atoms. The average Bonchev–Trinajstić information content (AvgIpc) is 2.43. The van der Waals surface area contributed by atoms with Gasteiger partial charge in [-0.3, -0.25) is 9.59 Å². The Morgan fingerprint density at radius 1 is 1.10 bits per heavy atom. The lowest BCUT2D eigenvalue weighted by Gasteiger charge is -2.16. The van der Waals surface area contributed by atoms with Crippen molar-refractivity contribution in [3.8, 4) is 0 Å². The smallest absolute Gasteiger partial charge is 0.407 e. The van der Waals surface area contributed by atoms with Gasteiger partial charge in [-0.05, 0) is 12.0 Å². The van der Waals surface area contributed by atoms with Crippen molar-refractivity contribution >= 4 is 18.0 Å². The number of ether oxygens (including phenoxy) is 1. The minimum absolute atomic E-state index is 0.0298. The van der Waals surface area contributed by atoms with Crippen molar-refractivity contribution in [1.82, 2.24) is 5.32 Å². The van der Waals surface area contributed by atoms with E-state index in [1.165, 1.54) is 0 Å². The van der Waals surface area contributed by atoms with Crippen molar-refractivity contribution in [2.45, 2.75) is 31.9 Å². The van der Waals surface area contributed by atoms with Crippen LogP contribution in [0.15, 0.2) is 30.3 Å². The van der Waals surface area contributed by atoms with Crippen LogP contribution in [-0.4, -0.2) is 34.3 Å². The van der Waals surface area contributed by atoms with Crippen LogP contribution in [0.2, 0.25) is 0 Å². The summed E-state index contributed by atoms with van der Waals surface area (Å²) in [5.74, 6) is -2.17. The summed E-state index contributed by atoms with van der Waals surface area (Å²) in [6, 6.07) is 8.23. The largest absolute Gasteiger partial charge is 0.481 e. The maximum absolute atomic E-state index is 11.6. The summed E-state index contributed by atoms with van der Waals surface area (Å²) in [5, 5.41) is 19.7. The predicted molar refractivity (Wildman–Crippen MR) is 72.7 cm³/mol. The zero-order valence-corrected chi connectivity index (χ0v) is 11.3. The van der Waals surface area contributed by atoms with Crippen LogP contribution >= 0.6 is 0 Å². The van der Waals surface area contributed by atoms with Gasteiger partial charge in [-0.25, -0.2) is 4.79 Å². The van der Waals surface area contributed by atoms with Gasteiger partial charge in [0.1, 0.15) is 6.61 Å². The van der Waals surface area contributed by atoms with Gasteiger partial charge in [-0.2, -0.15) is 0 Å². The monoisotopic (exact) mass is 295 g/mol. The molecule has 0 saturated carbocycles. The second kappa shape index (κ2) is 8.57. The third kappa shape index (κ3) is 7.56. The van der Waals surface area contributed by atoms with Crippen LogP contribution in [0.25, 0.3) is 0 Å². The quantitative estimate of drug-likeness (QED) is 0.671. The molecule has 1 aromatic rings. The Morgan fingerprint density at radius 2 is 1.76 bits per heavy atom. The Kier molecular flexibility index (Phi) is 6.73. The SMILES string of the molecule is O=C(O)CC[C@@H](CC(=O)O)NC(=O)OCc1ccccc1. The number of nitrogens with one attached hydrogen (secondary N) is 1. The molecule has 1 atom stereocenters. The fourth-order valence-corrected chi connectivity index (χ4v) is 1.67. The number of alkyl carbamates (subject to hydrolysis) is 1. The number of benzene rings is 1. The number of aliphatic carboxylic acids is 2. The molecule has 0 bridgehead atoms. The summed E-state index contributed by atoms with van der Waals surface area (Å²) < 4.78 is 4.96. The van der Waals surface area contributed by atoms with Gasteiger partial charge >= 0.3 is 18.0 Å². The van der Waals surface area contributed by atoms with Crippen LogP contribution in [0.1, 0.15) is 24.8 Å². The van der Waals surface area contributed by atoms with Crippen LogP contribution in [0.3, 0.4) is 0 Å². The van der Waals surface area contributed by atoms with E-state index < -0.39 is 24.1 Å². The summed E-state index contributed by atoms with van der Waals surface area (Å²) >= 11 is 0. The Morgan fingerprint density at radius 3 is 2.33 bits per heavy atom. The maximum Gasteiger partial charge on any atom is 0.407 e. The van der Waals surface area contributed by atoms with Gasteiger partial charge < -0.3 is 20.3 Å². The Balaban J connectivity index is 2.43. The zero-order chi connectivity index (χ0) is 15.7. The highest BCUT2D eigenvalue weighted by Gasteiger charge is 2.18. The van der Waals surface area contributed by atoms with E-state index in [9.17, 15) is 14.4 Å². The molecule has 3 N–H and O–H groups in total. The van der Waals surface area contributed by atoms with Crippen LogP contribution in [0.4, 0.5) is 4.79 Å². The van der Waals surface area contributed by atoms with Crippen molar-refractivity contribution in [3.63, 3.8) is 0 Å². The van der Waals surface area contributed by atoms with Crippen LogP contribution in [-0.2, 0) is 20.9 Å². The lowest BCUT2D eigenvalue weighted by atomic mass is 10.1. The van der Waals surface area contributed by atoms with Gasteiger partial charge in [0.2, 0.25) is 0 Å². The normalized spacial score (nSPS) is 11.4. The van der Waals surface area contributed by atoms with Gasteiger partial charge in [-0.15, -0.1) is 0 Å². The van der Waals surface area contributed by atoms with Crippen LogP contribution in [0.5, 0.6) is 0 Å². The molecule has 0 aromatic heterocycles. The third-order valence-electron chi connectivity index (χ3n) is 2.66. The molecule has 0 fully saturated rings.